The normalized spacial score (nSPS) is 23.5. The highest BCUT2D eigenvalue weighted by atomic mass is 19.1. The summed E-state index contributed by atoms with van der Waals surface area (Å²) in [5.41, 5.74) is -1.14. The number of rotatable bonds is 8. The summed E-state index contributed by atoms with van der Waals surface area (Å²) >= 11 is 0. The number of piperidine rings is 1. The van der Waals surface area contributed by atoms with E-state index in [0.717, 1.165) is 6.42 Å². The Labute approximate surface area is 219 Å². The summed E-state index contributed by atoms with van der Waals surface area (Å²) in [6, 6.07) is 4.77. The van der Waals surface area contributed by atoms with Gasteiger partial charge in [-0.15, -0.1) is 0 Å². The first-order valence-electron chi connectivity index (χ1n) is 12.9. The van der Waals surface area contributed by atoms with Gasteiger partial charge in [-0.25, -0.2) is 14.0 Å². The molecule has 1 saturated heterocycles. The zero-order valence-corrected chi connectivity index (χ0v) is 23.2. The molecule has 1 aromatic rings. The molecule has 1 aliphatic carbocycles. The molecular weight excluding hydrogens is 479 g/mol. The fourth-order valence-corrected chi connectivity index (χ4v) is 4.97. The van der Waals surface area contributed by atoms with Crippen molar-refractivity contribution in [3.05, 3.63) is 35.6 Å². The maximum Gasteiger partial charge on any atom is 0.410 e. The van der Waals surface area contributed by atoms with E-state index >= 15 is 0 Å². The highest BCUT2D eigenvalue weighted by molar-refractivity contribution is 5.86. The second-order valence-electron chi connectivity index (χ2n) is 12.1. The van der Waals surface area contributed by atoms with Crippen LogP contribution in [-0.2, 0) is 30.2 Å². The number of nitrogens with zero attached hydrogens (tertiary/aromatic N) is 1. The monoisotopic (exact) mass is 520 g/mol. The molecule has 6 atom stereocenters. The van der Waals surface area contributed by atoms with Crippen molar-refractivity contribution >= 4 is 18.0 Å². The van der Waals surface area contributed by atoms with Crippen LogP contribution in [0.15, 0.2) is 24.3 Å². The first-order chi connectivity index (χ1) is 17.1. The highest BCUT2D eigenvalue weighted by Crippen LogP contribution is 2.50. The molecule has 1 aliphatic heterocycles. The largest absolute Gasteiger partial charge is 0.458 e. The number of halogens is 1. The molecule has 0 aromatic heterocycles. The third kappa shape index (κ3) is 7.43. The minimum Gasteiger partial charge on any atom is -0.458 e. The second kappa shape index (κ2) is 11.0. The van der Waals surface area contributed by atoms with E-state index in [2.05, 4.69) is 5.32 Å². The van der Waals surface area contributed by atoms with Crippen LogP contribution in [0.25, 0.3) is 0 Å². The van der Waals surface area contributed by atoms with Gasteiger partial charge in [-0.3, -0.25) is 9.69 Å². The summed E-state index contributed by atoms with van der Waals surface area (Å²) in [6.45, 7) is 12.3. The summed E-state index contributed by atoms with van der Waals surface area (Å²) in [7, 11) is 1.51. The maximum atomic E-state index is 14.4. The van der Waals surface area contributed by atoms with Gasteiger partial charge in [0, 0.05) is 19.6 Å². The van der Waals surface area contributed by atoms with E-state index in [1.165, 1.54) is 13.2 Å². The third-order valence-electron chi connectivity index (χ3n) is 6.70. The van der Waals surface area contributed by atoms with Crippen molar-refractivity contribution in [2.75, 3.05) is 7.11 Å². The number of benzene rings is 1. The van der Waals surface area contributed by atoms with Crippen LogP contribution in [0, 0.1) is 17.7 Å². The Hall–Kier alpha value is -2.68. The van der Waals surface area contributed by atoms with Gasteiger partial charge in [0.05, 0.1) is 18.1 Å². The number of esters is 1. The van der Waals surface area contributed by atoms with Gasteiger partial charge < -0.3 is 19.5 Å². The lowest BCUT2D eigenvalue weighted by Crippen LogP contribution is -2.54. The summed E-state index contributed by atoms with van der Waals surface area (Å²) in [6.07, 6.45) is 0.535. The van der Waals surface area contributed by atoms with Crippen LogP contribution in [-0.4, -0.2) is 65.4 Å². The van der Waals surface area contributed by atoms with Crippen molar-refractivity contribution in [2.24, 2.45) is 11.8 Å². The average Bonchev–Trinajstić information content (AvgIpc) is 3.42. The van der Waals surface area contributed by atoms with E-state index in [9.17, 15) is 18.8 Å². The minimum atomic E-state index is -1.09. The number of carbonyl (C=O) groups is 3. The number of methoxy groups -OCH3 is 1. The smallest absolute Gasteiger partial charge is 0.410 e. The Balaban J connectivity index is 1.77. The van der Waals surface area contributed by atoms with Gasteiger partial charge in [0.2, 0.25) is 5.91 Å². The molecule has 1 heterocycles. The van der Waals surface area contributed by atoms with Crippen molar-refractivity contribution < 1.29 is 33.0 Å². The topological polar surface area (TPSA) is 94.2 Å². The van der Waals surface area contributed by atoms with Crippen LogP contribution in [0.2, 0.25) is 0 Å². The van der Waals surface area contributed by atoms with Crippen LogP contribution < -0.4 is 5.32 Å². The lowest BCUT2D eigenvalue weighted by atomic mass is 9.93. The number of fused-ring (bicyclic) bond motifs is 1. The van der Waals surface area contributed by atoms with Crippen LogP contribution in [0.4, 0.5) is 9.18 Å². The Morgan fingerprint density at radius 1 is 1.05 bits per heavy atom. The Morgan fingerprint density at radius 2 is 1.68 bits per heavy atom. The summed E-state index contributed by atoms with van der Waals surface area (Å²) in [5, 5.41) is 2.76. The molecule has 9 heteroatoms. The van der Waals surface area contributed by atoms with E-state index in [1.807, 2.05) is 20.8 Å². The van der Waals surface area contributed by atoms with Gasteiger partial charge in [0.15, 0.2) is 0 Å². The van der Waals surface area contributed by atoms with Gasteiger partial charge in [-0.05, 0) is 71.9 Å². The number of ether oxygens (including phenoxy) is 3. The van der Waals surface area contributed by atoms with Crippen LogP contribution in [0.3, 0.4) is 0 Å². The summed E-state index contributed by atoms with van der Waals surface area (Å²) in [4.78, 5) is 41.1. The molecular formula is C28H41FN2O6. The van der Waals surface area contributed by atoms with Crippen LogP contribution in [0.1, 0.15) is 66.9 Å². The standard InChI is InChI=1S/C28H41FN2O6/c1-16(23(35-8)22-15-18-14-21(18)31(22)26(34)37-28(5,6)7)24(32)30-20(25(33)36-27(2,3)4)13-17-11-9-10-12-19(17)29/h9-12,16,18,20-23H,13-15H2,1-8H3,(H,30,32)/t16-,18?,20+,21?,22?,23-/m1/s1. The average molecular weight is 521 g/mol. The minimum absolute atomic E-state index is 0.0602. The maximum absolute atomic E-state index is 14.4. The SMILES string of the molecule is CO[C@@H](C1CC2CC2N1C(=O)OC(C)(C)C)[C@@H](C)C(=O)N[C@@H](Cc1ccccc1F)C(=O)OC(C)(C)C. The molecule has 0 spiro atoms. The molecule has 2 aliphatic rings. The van der Waals surface area contributed by atoms with Gasteiger partial charge in [0.1, 0.15) is 23.1 Å². The lowest BCUT2D eigenvalue weighted by Gasteiger charge is -2.36. The number of hydrogen-bond acceptors (Lipinski definition) is 6. The fraction of sp³-hybridized carbons (Fsp3) is 0.679. The van der Waals surface area contributed by atoms with E-state index in [4.69, 9.17) is 14.2 Å². The Morgan fingerprint density at radius 3 is 2.24 bits per heavy atom. The fourth-order valence-electron chi connectivity index (χ4n) is 4.97. The van der Waals surface area contributed by atoms with E-state index in [0.29, 0.717) is 17.9 Å². The van der Waals surface area contributed by atoms with Gasteiger partial charge >= 0.3 is 12.1 Å². The number of likely N-dealkylation sites (tertiary alicyclic amines) is 1. The zero-order chi connectivity index (χ0) is 27.7. The molecule has 1 aromatic carbocycles. The molecule has 0 bridgehead atoms. The summed E-state index contributed by atoms with van der Waals surface area (Å²) < 4.78 is 31.3. The molecule has 2 amide bonds. The van der Waals surface area contributed by atoms with Gasteiger partial charge in [-0.1, -0.05) is 25.1 Å². The number of nitrogens with one attached hydrogen (secondary N) is 1. The highest BCUT2D eigenvalue weighted by Gasteiger charge is 2.58. The quantitative estimate of drug-likeness (QED) is 0.515. The molecule has 1 saturated carbocycles. The molecule has 8 nitrogen and oxygen atoms in total. The lowest BCUT2D eigenvalue weighted by molar-refractivity contribution is -0.159. The van der Waals surface area contributed by atoms with E-state index < -0.39 is 53.1 Å². The van der Waals surface area contributed by atoms with Crippen molar-refractivity contribution in [3.63, 3.8) is 0 Å². The van der Waals surface area contributed by atoms with Crippen molar-refractivity contribution in [1.29, 1.82) is 0 Å². The Kier molecular flexibility index (Phi) is 8.57. The second-order valence-corrected chi connectivity index (χ2v) is 12.1. The van der Waals surface area contributed by atoms with Crippen molar-refractivity contribution in [2.45, 2.75) is 103 Å². The molecule has 1 N–H and O–H groups in total. The molecule has 3 rings (SSSR count). The molecule has 206 valence electrons. The van der Waals surface area contributed by atoms with Crippen LogP contribution >= 0.6 is 0 Å². The van der Waals surface area contributed by atoms with E-state index in [-0.39, 0.29) is 18.5 Å². The third-order valence-corrected chi connectivity index (χ3v) is 6.70. The van der Waals surface area contributed by atoms with Crippen molar-refractivity contribution in [3.8, 4) is 0 Å². The summed E-state index contributed by atoms with van der Waals surface area (Å²) in [5.74, 6) is -1.90. The van der Waals surface area contributed by atoms with E-state index in [1.54, 1.807) is 50.8 Å². The number of hydrogen-bond donors (Lipinski definition) is 1. The predicted octanol–water partition coefficient (Wildman–Crippen LogP) is 4.24. The molecule has 37 heavy (non-hydrogen) atoms. The number of amides is 2. The first kappa shape index (κ1) is 28.9. The first-order valence-corrected chi connectivity index (χ1v) is 12.9. The molecule has 3 unspecified atom stereocenters. The van der Waals surface area contributed by atoms with Gasteiger partial charge in [-0.2, -0.15) is 0 Å². The van der Waals surface area contributed by atoms with Crippen LogP contribution in [0.5, 0.6) is 0 Å². The molecule has 2 fully saturated rings. The van der Waals surface area contributed by atoms with Gasteiger partial charge in [0.25, 0.3) is 0 Å². The van der Waals surface area contributed by atoms with Crippen molar-refractivity contribution in [1.82, 2.24) is 10.2 Å². The molecule has 0 radical (unpaired) electrons. The predicted molar refractivity (Wildman–Crippen MR) is 136 cm³/mol. The zero-order valence-electron chi connectivity index (χ0n) is 23.2. The Bertz CT molecular complexity index is 1000. The number of carbonyl (C=O) groups excluding carboxylic acids is 3.